The number of para-hydroxylation sites is 1. The van der Waals surface area contributed by atoms with E-state index in [0.29, 0.717) is 16.5 Å². The number of carbonyl (C=O) groups is 2. The normalized spacial score (nSPS) is 13.1. The molecule has 0 aliphatic heterocycles. The minimum Gasteiger partial charge on any atom is -0.440 e. The Kier molecular flexibility index (Phi) is 5.92. The molecule has 0 spiro atoms. The lowest BCUT2D eigenvalue weighted by Crippen LogP contribution is -2.21. The molecular formula is C16H20N4O4S. The van der Waals surface area contributed by atoms with Crippen LogP contribution in [0.25, 0.3) is 5.69 Å². The van der Waals surface area contributed by atoms with Crippen LogP contribution in [0.15, 0.2) is 35.5 Å². The zero-order chi connectivity index (χ0) is 18.6. The fraction of sp³-hybridized carbons (Fsp3) is 0.312. The summed E-state index contributed by atoms with van der Waals surface area (Å²) in [6.45, 7) is 3.32. The smallest absolute Gasteiger partial charge is 0.405 e. The van der Waals surface area contributed by atoms with Crippen molar-refractivity contribution in [2.45, 2.75) is 31.2 Å². The van der Waals surface area contributed by atoms with Crippen LogP contribution in [0, 0.1) is 0 Å². The first-order chi connectivity index (χ1) is 11.8. The number of imidazole rings is 1. The van der Waals surface area contributed by atoms with Gasteiger partial charge in [0, 0.05) is 5.69 Å². The number of rotatable bonds is 6. The van der Waals surface area contributed by atoms with E-state index < -0.39 is 24.4 Å². The molecule has 2 aromatic rings. The second-order valence-electron chi connectivity index (χ2n) is 5.20. The Balaban J connectivity index is 2.65. The van der Waals surface area contributed by atoms with Crippen molar-refractivity contribution < 1.29 is 19.1 Å². The molecule has 134 valence electrons. The Hall–Kier alpha value is -2.68. The Morgan fingerprint density at radius 1 is 1.08 bits per heavy atom. The summed E-state index contributed by atoms with van der Waals surface area (Å²) in [7, 11) is 0. The number of aromatic nitrogens is 2. The average molecular weight is 364 g/mol. The number of nitrogens with zero attached hydrogens (tertiary/aromatic N) is 2. The third-order valence-corrected chi connectivity index (χ3v) is 4.10. The van der Waals surface area contributed by atoms with E-state index in [9.17, 15) is 9.59 Å². The number of carbonyl (C=O) groups excluding carboxylic acids is 2. The highest BCUT2D eigenvalue weighted by molar-refractivity contribution is 7.98. The molecule has 4 N–H and O–H groups in total. The van der Waals surface area contributed by atoms with Crippen molar-refractivity contribution in [3.63, 3.8) is 0 Å². The van der Waals surface area contributed by atoms with E-state index in [1.54, 1.807) is 13.8 Å². The molecule has 8 nitrogen and oxygen atoms in total. The van der Waals surface area contributed by atoms with Crippen LogP contribution in [-0.2, 0) is 9.47 Å². The number of hydrogen-bond donors (Lipinski definition) is 2. The van der Waals surface area contributed by atoms with Gasteiger partial charge < -0.3 is 20.9 Å². The summed E-state index contributed by atoms with van der Waals surface area (Å²) < 4.78 is 12.1. The topological polar surface area (TPSA) is 122 Å². The van der Waals surface area contributed by atoms with E-state index in [0.717, 1.165) is 5.69 Å². The largest absolute Gasteiger partial charge is 0.440 e. The molecule has 25 heavy (non-hydrogen) atoms. The van der Waals surface area contributed by atoms with Crippen molar-refractivity contribution in [2.75, 3.05) is 6.26 Å². The molecule has 0 saturated heterocycles. The number of benzene rings is 1. The second kappa shape index (κ2) is 7.93. The number of thioether (sulfide) groups is 1. The van der Waals surface area contributed by atoms with Gasteiger partial charge in [0.2, 0.25) is 0 Å². The minimum atomic E-state index is -0.915. The quantitative estimate of drug-likeness (QED) is 0.760. The molecule has 2 unspecified atom stereocenters. The molecule has 2 atom stereocenters. The highest BCUT2D eigenvalue weighted by Gasteiger charge is 2.29. The fourth-order valence-electron chi connectivity index (χ4n) is 2.54. The maximum atomic E-state index is 11.2. The second-order valence-corrected chi connectivity index (χ2v) is 5.97. The van der Waals surface area contributed by atoms with Gasteiger partial charge in [-0.3, -0.25) is 4.57 Å². The third kappa shape index (κ3) is 4.24. The van der Waals surface area contributed by atoms with Gasteiger partial charge in [0.25, 0.3) is 0 Å². The van der Waals surface area contributed by atoms with Crippen molar-refractivity contribution in [3.05, 3.63) is 41.7 Å². The van der Waals surface area contributed by atoms with Gasteiger partial charge >= 0.3 is 12.2 Å². The summed E-state index contributed by atoms with van der Waals surface area (Å²) in [4.78, 5) is 26.9. The van der Waals surface area contributed by atoms with Crippen LogP contribution < -0.4 is 11.5 Å². The number of ether oxygens (including phenoxy) is 2. The summed E-state index contributed by atoms with van der Waals surface area (Å²) in [5.74, 6) is 0. The molecule has 1 heterocycles. The standard InChI is InChI=1S/C16H20N4O4S/c1-9(23-14(17)21)12-13(10(2)24-15(18)22)20(16(19-12)25-3)11-7-5-4-6-8-11/h4-10H,1-3H3,(H2,17,21)(H2,18,22). The van der Waals surface area contributed by atoms with Gasteiger partial charge in [-0.25, -0.2) is 14.6 Å². The molecule has 1 aromatic heterocycles. The van der Waals surface area contributed by atoms with Crippen molar-refractivity contribution in [2.24, 2.45) is 11.5 Å². The van der Waals surface area contributed by atoms with Crippen molar-refractivity contribution in [1.82, 2.24) is 9.55 Å². The first-order valence-corrected chi connectivity index (χ1v) is 8.71. The molecule has 0 radical (unpaired) electrons. The van der Waals surface area contributed by atoms with Crippen molar-refractivity contribution >= 4 is 23.9 Å². The molecular weight excluding hydrogens is 344 g/mol. The van der Waals surface area contributed by atoms with E-state index in [2.05, 4.69) is 4.98 Å². The first kappa shape index (κ1) is 18.7. The molecule has 2 rings (SSSR count). The molecule has 0 fully saturated rings. The van der Waals surface area contributed by atoms with Gasteiger partial charge in [-0.2, -0.15) is 0 Å². The van der Waals surface area contributed by atoms with Gasteiger partial charge in [0.05, 0.1) is 5.69 Å². The Morgan fingerprint density at radius 2 is 1.64 bits per heavy atom. The summed E-state index contributed by atoms with van der Waals surface area (Å²) in [6.07, 6.45) is -1.38. The van der Waals surface area contributed by atoms with Crippen LogP contribution >= 0.6 is 11.8 Å². The fourth-order valence-corrected chi connectivity index (χ4v) is 3.12. The first-order valence-electron chi connectivity index (χ1n) is 7.49. The van der Waals surface area contributed by atoms with Gasteiger partial charge in [-0.15, -0.1) is 0 Å². The number of nitrogens with two attached hydrogens (primary N) is 2. The van der Waals surface area contributed by atoms with Crippen LogP contribution in [0.3, 0.4) is 0 Å². The molecule has 0 aliphatic carbocycles. The average Bonchev–Trinajstić information content (AvgIpc) is 2.94. The van der Waals surface area contributed by atoms with Crippen molar-refractivity contribution in [1.29, 1.82) is 0 Å². The van der Waals surface area contributed by atoms with Gasteiger partial charge in [-0.05, 0) is 32.2 Å². The maximum Gasteiger partial charge on any atom is 0.405 e. The summed E-state index contributed by atoms with van der Waals surface area (Å²) in [5.41, 5.74) is 12.1. The number of amides is 2. The zero-order valence-corrected chi connectivity index (χ0v) is 14.9. The lowest BCUT2D eigenvalue weighted by molar-refractivity contribution is 0.100. The predicted molar refractivity (Wildman–Crippen MR) is 93.5 cm³/mol. The molecule has 1 aromatic carbocycles. The summed E-state index contributed by atoms with van der Waals surface area (Å²) in [5, 5.41) is 0.649. The zero-order valence-electron chi connectivity index (χ0n) is 14.1. The molecule has 9 heteroatoms. The Bertz CT molecular complexity index is 763. The summed E-state index contributed by atoms with van der Waals surface area (Å²) in [6, 6.07) is 9.44. The lowest BCUT2D eigenvalue weighted by atomic mass is 10.1. The molecule has 2 amide bonds. The van der Waals surface area contributed by atoms with Gasteiger partial charge in [0.15, 0.2) is 5.16 Å². The van der Waals surface area contributed by atoms with Crippen LogP contribution in [-0.4, -0.2) is 28.0 Å². The van der Waals surface area contributed by atoms with Crippen LogP contribution in [0.4, 0.5) is 9.59 Å². The number of primary amides is 2. The Morgan fingerprint density at radius 3 is 2.16 bits per heavy atom. The lowest BCUT2D eigenvalue weighted by Gasteiger charge is -2.19. The number of hydrogen-bond acceptors (Lipinski definition) is 6. The van der Waals surface area contributed by atoms with Gasteiger partial charge in [0.1, 0.15) is 17.9 Å². The van der Waals surface area contributed by atoms with Crippen LogP contribution in [0.5, 0.6) is 0 Å². The van der Waals surface area contributed by atoms with E-state index in [1.807, 2.05) is 41.2 Å². The van der Waals surface area contributed by atoms with E-state index in [-0.39, 0.29) is 0 Å². The Labute approximate surface area is 149 Å². The van der Waals surface area contributed by atoms with E-state index >= 15 is 0 Å². The monoisotopic (exact) mass is 364 g/mol. The third-order valence-electron chi connectivity index (χ3n) is 3.46. The van der Waals surface area contributed by atoms with Gasteiger partial charge in [-0.1, -0.05) is 30.0 Å². The minimum absolute atomic E-state index is 0.445. The maximum absolute atomic E-state index is 11.2. The molecule has 0 aliphatic rings. The van der Waals surface area contributed by atoms with E-state index in [1.165, 1.54) is 11.8 Å². The highest BCUT2D eigenvalue weighted by atomic mass is 32.2. The highest BCUT2D eigenvalue weighted by Crippen LogP contribution is 2.34. The van der Waals surface area contributed by atoms with Crippen LogP contribution in [0.2, 0.25) is 0 Å². The SMILES string of the molecule is CSc1nc(C(C)OC(N)=O)c(C(C)OC(N)=O)n1-c1ccccc1. The summed E-state index contributed by atoms with van der Waals surface area (Å²) >= 11 is 1.41. The predicted octanol–water partition coefficient (Wildman–Crippen LogP) is 2.91. The van der Waals surface area contributed by atoms with Crippen molar-refractivity contribution in [3.8, 4) is 5.69 Å². The van der Waals surface area contributed by atoms with Crippen LogP contribution in [0.1, 0.15) is 37.4 Å². The molecule has 0 saturated carbocycles. The van der Waals surface area contributed by atoms with E-state index in [4.69, 9.17) is 20.9 Å². The molecule has 0 bridgehead atoms.